The van der Waals surface area contributed by atoms with Crippen molar-refractivity contribution in [3.05, 3.63) is 18.1 Å². The molecule has 5 heteroatoms. The molecule has 1 aromatic heterocycles. The van der Waals surface area contributed by atoms with Crippen molar-refractivity contribution in [1.82, 2.24) is 15.3 Å². The molecule has 0 bridgehead atoms. The van der Waals surface area contributed by atoms with Crippen molar-refractivity contribution in [3.8, 4) is 0 Å². The van der Waals surface area contributed by atoms with E-state index in [0.717, 1.165) is 13.1 Å². The summed E-state index contributed by atoms with van der Waals surface area (Å²) in [7, 11) is 0. The maximum atomic E-state index is 11.7. The third-order valence-electron chi connectivity index (χ3n) is 2.47. The van der Waals surface area contributed by atoms with E-state index in [-0.39, 0.29) is 5.91 Å². The molecule has 2 N–H and O–H groups in total. The number of nitrogens with zero attached hydrogens (tertiary/aromatic N) is 2. The number of nitrogens with one attached hydrogen (secondary N) is 2. The van der Waals surface area contributed by atoms with E-state index < -0.39 is 0 Å². The van der Waals surface area contributed by atoms with E-state index in [2.05, 4.69) is 20.6 Å². The van der Waals surface area contributed by atoms with Gasteiger partial charge in [-0.3, -0.25) is 9.78 Å². The fourth-order valence-corrected chi connectivity index (χ4v) is 1.39. The monoisotopic (exact) mass is 220 g/mol. The van der Waals surface area contributed by atoms with Gasteiger partial charge in [0.1, 0.15) is 11.5 Å². The molecule has 0 aromatic carbocycles. The fraction of sp³-hybridized carbons (Fsp3) is 0.545. The van der Waals surface area contributed by atoms with Gasteiger partial charge in [0.25, 0.3) is 5.91 Å². The number of aromatic nitrogens is 2. The summed E-state index contributed by atoms with van der Waals surface area (Å²) in [6.45, 7) is 3.50. The van der Waals surface area contributed by atoms with Gasteiger partial charge in [-0.1, -0.05) is 0 Å². The molecule has 1 heterocycles. The van der Waals surface area contributed by atoms with Crippen molar-refractivity contribution >= 4 is 11.7 Å². The van der Waals surface area contributed by atoms with Crippen LogP contribution in [-0.4, -0.2) is 29.0 Å². The molecule has 1 aliphatic rings. The van der Waals surface area contributed by atoms with Gasteiger partial charge in [-0.05, 0) is 25.7 Å². The van der Waals surface area contributed by atoms with Crippen LogP contribution in [0.15, 0.2) is 12.4 Å². The third-order valence-corrected chi connectivity index (χ3v) is 2.47. The lowest BCUT2D eigenvalue weighted by molar-refractivity contribution is 0.0946. The molecule has 0 radical (unpaired) electrons. The van der Waals surface area contributed by atoms with E-state index in [0.29, 0.717) is 17.4 Å². The molecule has 5 nitrogen and oxygen atoms in total. The topological polar surface area (TPSA) is 66.9 Å². The number of rotatable bonds is 5. The van der Waals surface area contributed by atoms with E-state index in [1.165, 1.54) is 19.0 Å². The fourth-order valence-electron chi connectivity index (χ4n) is 1.39. The van der Waals surface area contributed by atoms with Crippen molar-refractivity contribution in [2.45, 2.75) is 19.8 Å². The minimum absolute atomic E-state index is 0.140. The number of hydrogen-bond acceptors (Lipinski definition) is 4. The Balaban J connectivity index is 1.94. The molecule has 16 heavy (non-hydrogen) atoms. The van der Waals surface area contributed by atoms with Gasteiger partial charge in [0.15, 0.2) is 0 Å². The first-order valence-electron chi connectivity index (χ1n) is 5.63. The molecular weight excluding hydrogens is 204 g/mol. The number of anilines is 1. The molecule has 2 rings (SSSR count). The summed E-state index contributed by atoms with van der Waals surface area (Å²) in [6, 6.07) is 0. The van der Waals surface area contributed by atoms with Gasteiger partial charge in [-0.15, -0.1) is 0 Å². The van der Waals surface area contributed by atoms with Crippen LogP contribution in [0.4, 0.5) is 5.82 Å². The van der Waals surface area contributed by atoms with E-state index in [4.69, 9.17) is 0 Å². The summed E-state index contributed by atoms with van der Waals surface area (Å²) in [5, 5.41) is 5.89. The lowest BCUT2D eigenvalue weighted by Crippen LogP contribution is -2.26. The highest BCUT2D eigenvalue weighted by molar-refractivity contribution is 5.92. The van der Waals surface area contributed by atoms with Crippen molar-refractivity contribution in [1.29, 1.82) is 0 Å². The van der Waals surface area contributed by atoms with Gasteiger partial charge in [0.2, 0.25) is 0 Å². The summed E-state index contributed by atoms with van der Waals surface area (Å²) < 4.78 is 0. The molecule has 1 fully saturated rings. The Labute approximate surface area is 94.7 Å². The van der Waals surface area contributed by atoms with Gasteiger partial charge in [0.05, 0.1) is 12.4 Å². The number of carbonyl (C=O) groups excluding carboxylic acids is 1. The Bertz CT molecular complexity index is 376. The van der Waals surface area contributed by atoms with Crippen LogP contribution in [0.25, 0.3) is 0 Å². The molecular formula is C11H16N4O. The zero-order valence-corrected chi connectivity index (χ0v) is 9.36. The van der Waals surface area contributed by atoms with Crippen LogP contribution in [0, 0.1) is 5.92 Å². The van der Waals surface area contributed by atoms with Crippen molar-refractivity contribution in [3.63, 3.8) is 0 Å². The highest BCUT2D eigenvalue weighted by Crippen LogP contribution is 2.27. The average molecular weight is 220 g/mol. The molecule has 0 spiro atoms. The molecule has 0 saturated heterocycles. The summed E-state index contributed by atoms with van der Waals surface area (Å²) in [5.74, 6) is 1.18. The molecule has 1 amide bonds. The molecule has 0 aliphatic heterocycles. The standard InChI is InChI=1S/C11H16N4O/c1-2-13-10-7-12-6-9(15-10)11(16)14-5-8-3-4-8/h6-8H,2-5H2,1H3,(H,13,15)(H,14,16). The Kier molecular flexibility index (Phi) is 3.34. The normalized spacial score (nSPS) is 14.6. The minimum Gasteiger partial charge on any atom is -0.369 e. The average Bonchev–Trinajstić information content (AvgIpc) is 3.10. The number of amides is 1. The van der Waals surface area contributed by atoms with E-state index >= 15 is 0 Å². The molecule has 86 valence electrons. The van der Waals surface area contributed by atoms with E-state index in [1.807, 2.05) is 6.92 Å². The Hall–Kier alpha value is -1.65. The van der Waals surface area contributed by atoms with Crippen LogP contribution < -0.4 is 10.6 Å². The smallest absolute Gasteiger partial charge is 0.271 e. The summed E-state index contributed by atoms with van der Waals surface area (Å²) in [5.41, 5.74) is 0.374. The molecule has 1 aromatic rings. The molecule has 0 unspecified atom stereocenters. The zero-order valence-electron chi connectivity index (χ0n) is 9.36. The van der Waals surface area contributed by atoms with Gasteiger partial charge in [-0.2, -0.15) is 0 Å². The lowest BCUT2D eigenvalue weighted by Gasteiger charge is -2.05. The third kappa shape index (κ3) is 2.92. The highest BCUT2D eigenvalue weighted by Gasteiger charge is 2.22. The Morgan fingerprint density at radius 1 is 1.50 bits per heavy atom. The minimum atomic E-state index is -0.140. The Morgan fingerprint density at radius 3 is 3.00 bits per heavy atom. The van der Waals surface area contributed by atoms with Gasteiger partial charge >= 0.3 is 0 Å². The highest BCUT2D eigenvalue weighted by atomic mass is 16.1. The van der Waals surface area contributed by atoms with Crippen LogP contribution in [-0.2, 0) is 0 Å². The summed E-state index contributed by atoms with van der Waals surface area (Å²) >= 11 is 0. The Morgan fingerprint density at radius 2 is 2.31 bits per heavy atom. The van der Waals surface area contributed by atoms with Gasteiger partial charge < -0.3 is 10.6 Å². The van der Waals surface area contributed by atoms with Crippen molar-refractivity contribution in [2.24, 2.45) is 5.92 Å². The van der Waals surface area contributed by atoms with Gasteiger partial charge in [-0.25, -0.2) is 4.98 Å². The van der Waals surface area contributed by atoms with Crippen LogP contribution in [0.1, 0.15) is 30.3 Å². The maximum absolute atomic E-state index is 11.7. The quantitative estimate of drug-likeness (QED) is 0.778. The van der Waals surface area contributed by atoms with E-state index in [1.54, 1.807) is 6.20 Å². The molecule has 0 atom stereocenters. The number of hydrogen-bond donors (Lipinski definition) is 2. The second-order valence-electron chi connectivity index (χ2n) is 3.97. The largest absolute Gasteiger partial charge is 0.369 e. The molecule has 1 aliphatic carbocycles. The van der Waals surface area contributed by atoms with E-state index in [9.17, 15) is 4.79 Å². The van der Waals surface area contributed by atoms with Crippen LogP contribution >= 0.6 is 0 Å². The first kappa shape index (κ1) is 10.9. The first-order valence-corrected chi connectivity index (χ1v) is 5.63. The second kappa shape index (κ2) is 4.92. The van der Waals surface area contributed by atoms with Crippen LogP contribution in [0.3, 0.4) is 0 Å². The van der Waals surface area contributed by atoms with Crippen LogP contribution in [0.5, 0.6) is 0 Å². The lowest BCUT2D eigenvalue weighted by atomic mass is 10.3. The van der Waals surface area contributed by atoms with Crippen LogP contribution in [0.2, 0.25) is 0 Å². The van der Waals surface area contributed by atoms with Gasteiger partial charge in [0, 0.05) is 13.1 Å². The maximum Gasteiger partial charge on any atom is 0.271 e. The first-order chi connectivity index (χ1) is 7.79. The zero-order chi connectivity index (χ0) is 11.4. The molecule has 1 saturated carbocycles. The predicted molar refractivity (Wildman–Crippen MR) is 61.3 cm³/mol. The second-order valence-corrected chi connectivity index (χ2v) is 3.97. The SMILES string of the molecule is CCNc1cncc(C(=O)NCC2CC2)n1. The summed E-state index contributed by atoms with van der Waals surface area (Å²) in [6.07, 6.45) is 5.55. The van der Waals surface area contributed by atoms with Crippen molar-refractivity contribution in [2.75, 3.05) is 18.4 Å². The summed E-state index contributed by atoms with van der Waals surface area (Å²) in [4.78, 5) is 19.8. The van der Waals surface area contributed by atoms with Crippen molar-refractivity contribution < 1.29 is 4.79 Å². The number of carbonyl (C=O) groups is 1. The predicted octanol–water partition coefficient (Wildman–Crippen LogP) is 1.05.